The molecular weight excluding hydrogens is 232 g/mol. The summed E-state index contributed by atoms with van der Waals surface area (Å²) in [5, 5.41) is 6.30. The van der Waals surface area contributed by atoms with Crippen LogP contribution in [-0.2, 0) is 13.0 Å². The molecule has 2 aromatic heterocycles. The highest BCUT2D eigenvalue weighted by atomic mass is 32.1. The molecule has 4 nitrogen and oxygen atoms in total. The van der Waals surface area contributed by atoms with Crippen LogP contribution < -0.4 is 5.73 Å². The van der Waals surface area contributed by atoms with Crippen molar-refractivity contribution >= 4 is 11.3 Å². The maximum Gasteiger partial charge on any atom is 0.138 e. The van der Waals surface area contributed by atoms with Crippen LogP contribution in [0, 0.1) is 6.92 Å². The van der Waals surface area contributed by atoms with Crippen molar-refractivity contribution < 1.29 is 0 Å². The van der Waals surface area contributed by atoms with E-state index in [4.69, 9.17) is 5.73 Å². The van der Waals surface area contributed by atoms with Gasteiger partial charge in [-0.15, -0.1) is 11.3 Å². The third kappa shape index (κ3) is 2.73. The summed E-state index contributed by atoms with van der Waals surface area (Å²) in [5.41, 5.74) is 7.49. The third-order valence-corrected chi connectivity index (χ3v) is 3.92. The number of nitrogens with zero attached hydrogens (tertiary/aromatic N) is 3. The summed E-state index contributed by atoms with van der Waals surface area (Å²) in [6.45, 7) is 5.14. The van der Waals surface area contributed by atoms with Gasteiger partial charge in [0.15, 0.2) is 0 Å². The lowest BCUT2D eigenvalue weighted by Crippen LogP contribution is -2.16. The summed E-state index contributed by atoms with van der Waals surface area (Å²) in [4.78, 5) is 5.54. The second-order valence-corrected chi connectivity index (χ2v) is 5.13. The Kier molecular flexibility index (Phi) is 3.91. The Balaban J connectivity index is 2.10. The summed E-state index contributed by atoms with van der Waals surface area (Å²) in [5.74, 6) is 0.979. The van der Waals surface area contributed by atoms with Gasteiger partial charge < -0.3 is 5.73 Å². The van der Waals surface area contributed by atoms with Crippen molar-refractivity contribution in [1.82, 2.24) is 14.8 Å². The average Bonchev–Trinajstić information content (AvgIpc) is 2.89. The van der Waals surface area contributed by atoms with Crippen molar-refractivity contribution in [3.8, 4) is 0 Å². The summed E-state index contributed by atoms with van der Waals surface area (Å²) >= 11 is 1.72. The van der Waals surface area contributed by atoms with Crippen molar-refractivity contribution in [2.45, 2.75) is 39.3 Å². The molecule has 17 heavy (non-hydrogen) atoms. The predicted octanol–water partition coefficient (Wildman–Crippen LogP) is 2.30. The van der Waals surface area contributed by atoms with Gasteiger partial charge in [-0.1, -0.05) is 6.92 Å². The largest absolute Gasteiger partial charge is 0.323 e. The van der Waals surface area contributed by atoms with E-state index in [0.717, 1.165) is 25.2 Å². The molecule has 92 valence electrons. The lowest BCUT2D eigenvalue weighted by molar-refractivity contribution is 0.549. The molecule has 0 amide bonds. The van der Waals surface area contributed by atoms with E-state index in [9.17, 15) is 0 Å². The van der Waals surface area contributed by atoms with E-state index in [1.807, 2.05) is 4.68 Å². The van der Waals surface area contributed by atoms with E-state index in [0.29, 0.717) is 0 Å². The number of hydrogen-bond acceptors (Lipinski definition) is 4. The standard InChI is InChI=1S/C12H18N4S/c1-3-5-16-11(14-8-15-16)7-10(13)12-9(2)4-6-17-12/h4,6,8,10H,3,5,7,13H2,1-2H3. The molecule has 2 N–H and O–H groups in total. The summed E-state index contributed by atoms with van der Waals surface area (Å²) in [7, 11) is 0. The van der Waals surface area contributed by atoms with Gasteiger partial charge in [-0.3, -0.25) is 4.68 Å². The number of aryl methyl sites for hydroxylation is 2. The molecule has 0 aliphatic carbocycles. The van der Waals surface area contributed by atoms with E-state index in [-0.39, 0.29) is 6.04 Å². The first-order valence-corrected chi connectivity index (χ1v) is 6.76. The van der Waals surface area contributed by atoms with Crippen LogP contribution in [0.15, 0.2) is 17.8 Å². The van der Waals surface area contributed by atoms with Gasteiger partial charge in [0.1, 0.15) is 12.2 Å². The lowest BCUT2D eigenvalue weighted by Gasteiger charge is -2.11. The van der Waals surface area contributed by atoms with E-state index in [1.165, 1.54) is 10.4 Å². The van der Waals surface area contributed by atoms with Crippen LogP contribution in [0.2, 0.25) is 0 Å². The molecular formula is C12H18N4S. The van der Waals surface area contributed by atoms with E-state index in [2.05, 4.69) is 35.4 Å². The smallest absolute Gasteiger partial charge is 0.138 e. The van der Waals surface area contributed by atoms with Crippen LogP contribution in [-0.4, -0.2) is 14.8 Å². The molecule has 0 aromatic carbocycles. The molecule has 0 aliphatic rings. The molecule has 0 saturated carbocycles. The second kappa shape index (κ2) is 5.42. The van der Waals surface area contributed by atoms with Crippen molar-refractivity contribution in [2.75, 3.05) is 0 Å². The highest BCUT2D eigenvalue weighted by molar-refractivity contribution is 7.10. The maximum atomic E-state index is 6.23. The zero-order chi connectivity index (χ0) is 12.3. The first-order valence-electron chi connectivity index (χ1n) is 5.88. The monoisotopic (exact) mass is 250 g/mol. The second-order valence-electron chi connectivity index (χ2n) is 4.18. The maximum absolute atomic E-state index is 6.23. The molecule has 0 saturated heterocycles. The molecule has 2 rings (SSSR count). The van der Waals surface area contributed by atoms with Gasteiger partial charge >= 0.3 is 0 Å². The zero-order valence-corrected chi connectivity index (χ0v) is 11.1. The van der Waals surface area contributed by atoms with Crippen LogP contribution in [0.4, 0.5) is 0 Å². The predicted molar refractivity (Wildman–Crippen MR) is 70.0 cm³/mol. The van der Waals surface area contributed by atoms with Crippen LogP contribution >= 0.6 is 11.3 Å². The van der Waals surface area contributed by atoms with E-state index in [1.54, 1.807) is 17.7 Å². The van der Waals surface area contributed by atoms with Crippen molar-refractivity contribution in [3.05, 3.63) is 34.0 Å². The molecule has 2 heterocycles. The Morgan fingerprint density at radius 1 is 1.53 bits per heavy atom. The number of thiophene rings is 1. The third-order valence-electron chi connectivity index (χ3n) is 2.77. The minimum Gasteiger partial charge on any atom is -0.323 e. The molecule has 0 fully saturated rings. The van der Waals surface area contributed by atoms with Gasteiger partial charge in [0, 0.05) is 23.9 Å². The Hall–Kier alpha value is -1.20. The van der Waals surface area contributed by atoms with Gasteiger partial charge in [0.05, 0.1) is 0 Å². The molecule has 0 radical (unpaired) electrons. The number of nitrogens with two attached hydrogens (primary N) is 1. The Bertz CT molecular complexity index is 474. The molecule has 0 bridgehead atoms. The summed E-state index contributed by atoms with van der Waals surface area (Å²) in [6.07, 6.45) is 3.42. The fourth-order valence-electron chi connectivity index (χ4n) is 1.90. The molecule has 0 spiro atoms. The first kappa shape index (κ1) is 12.3. The lowest BCUT2D eigenvalue weighted by atomic mass is 10.1. The molecule has 2 aromatic rings. The molecule has 5 heteroatoms. The van der Waals surface area contributed by atoms with Gasteiger partial charge in [0.2, 0.25) is 0 Å². The van der Waals surface area contributed by atoms with Crippen molar-refractivity contribution in [2.24, 2.45) is 5.73 Å². The van der Waals surface area contributed by atoms with E-state index < -0.39 is 0 Å². The van der Waals surface area contributed by atoms with Crippen LogP contribution in [0.1, 0.15) is 35.7 Å². The minimum atomic E-state index is 0.0230. The first-order chi connectivity index (χ1) is 8.22. The molecule has 0 aliphatic heterocycles. The van der Waals surface area contributed by atoms with Gasteiger partial charge in [-0.2, -0.15) is 5.10 Å². The molecule has 1 unspecified atom stereocenters. The summed E-state index contributed by atoms with van der Waals surface area (Å²) in [6, 6.07) is 2.13. The Labute approximate surface area is 105 Å². The quantitative estimate of drug-likeness (QED) is 0.886. The number of rotatable bonds is 5. The highest BCUT2D eigenvalue weighted by Crippen LogP contribution is 2.24. The SMILES string of the molecule is CCCn1ncnc1CC(N)c1sccc1C. The van der Waals surface area contributed by atoms with Gasteiger partial charge in [-0.25, -0.2) is 4.98 Å². The van der Waals surface area contributed by atoms with Crippen LogP contribution in [0.25, 0.3) is 0 Å². The van der Waals surface area contributed by atoms with Gasteiger partial charge in [0.25, 0.3) is 0 Å². The normalized spacial score (nSPS) is 12.9. The Morgan fingerprint density at radius 3 is 3.00 bits per heavy atom. The van der Waals surface area contributed by atoms with Crippen LogP contribution in [0.5, 0.6) is 0 Å². The molecule has 1 atom stereocenters. The van der Waals surface area contributed by atoms with Crippen LogP contribution in [0.3, 0.4) is 0 Å². The topological polar surface area (TPSA) is 56.7 Å². The fourth-order valence-corrected chi connectivity index (χ4v) is 2.83. The zero-order valence-electron chi connectivity index (χ0n) is 10.3. The van der Waals surface area contributed by atoms with Gasteiger partial charge in [-0.05, 0) is 30.4 Å². The fraction of sp³-hybridized carbons (Fsp3) is 0.500. The van der Waals surface area contributed by atoms with E-state index >= 15 is 0 Å². The highest BCUT2D eigenvalue weighted by Gasteiger charge is 2.14. The summed E-state index contributed by atoms with van der Waals surface area (Å²) < 4.78 is 1.95. The van der Waals surface area contributed by atoms with Crippen molar-refractivity contribution in [1.29, 1.82) is 0 Å². The number of hydrogen-bond donors (Lipinski definition) is 1. The Morgan fingerprint density at radius 2 is 2.35 bits per heavy atom. The average molecular weight is 250 g/mol. The van der Waals surface area contributed by atoms with Crippen molar-refractivity contribution in [3.63, 3.8) is 0 Å². The number of aromatic nitrogens is 3. The minimum absolute atomic E-state index is 0.0230.